The van der Waals surface area contributed by atoms with Crippen LogP contribution in [0.2, 0.25) is 0 Å². The number of hydrogen-bond acceptors (Lipinski definition) is 2. The highest BCUT2D eigenvalue weighted by Crippen LogP contribution is 2.18. The molecule has 0 bridgehead atoms. The summed E-state index contributed by atoms with van der Waals surface area (Å²) in [6, 6.07) is 8.90. The Bertz CT molecular complexity index is 705. The van der Waals surface area contributed by atoms with Crippen LogP contribution < -0.4 is 0 Å². The van der Waals surface area contributed by atoms with Gasteiger partial charge in [-0.15, -0.1) is 0 Å². The largest absolute Gasteiger partial charge is 0.236 e. The van der Waals surface area contributed by atoms with Crippen LogP contribution in [0.15, 0.2) is 36.7 Å². The minimum absolute atomic E-state index is 0.849. The highest BCUT2D eigenvalue weighted by molar-refractivity contribution is 5.55. The Morgan fingerprint density at radius 1 is 0.606 bits per heavy atom. The van der Waals surface area contributed by atoms with E-state index >= 15 is 0 Å². The maximum atomic E-state index is 4.64. The van der Waals surface area contributed by atoms with Gasteiger partial charge < -0.3 is 0 Å². The number of rotatable bonds is 19. The first-order valence-electron chi connectivity index (χ1n) is 14.1. The van der Waals surface area contributed by atoms with Crippen molar-refractivity contribution in [1.82, 2.24) is 9.97 Å². The van der Waals surface area contributed by atoms with Crippen LogP contribution in [0.1, 0.15) is 128 Å². The van der Waals surface area contributed by atoms with Gasteiger partial charge in [-0.1, -0.05) is 129 Å². The first-order valence-corrected chi connectivity index (χ1v) is 14.1. The lowest BCUT2D eigenvalue weighted by atomic mass is 10.00. The van der Waals surface area contributed by atoms with Crippen molar-refractivity contribution in [2.24, 2.45) is 5.92 Å². The summed E-state index contributed by atoms with van der Waals surface area (Å²) in [7, 11) is 0. The molecule has 0 aliphatic carbocycles. The van der Waals surface area contributed by atoms with E-state index in [2.05, 4.69) is 55.0 Å². The second-order valence-corrected chi connectivity index (χ2v) is 10.2. The minimum Gasteiger partial charge on any atom is -0.236 e. The third kappa shape index (κ3) is 12.4. The summed E-state index contributed by atoms with van der Waals surface area (Å²) in [4.78, 5) is 9.28. The van der Waals surface area contributed by atoms with Crippen molar-refractivity contribution in [1.29, 1.82) is 0 Å². The van der Waals surface area contributed by atoms with E-state index in [1.54, 1.807) is 0 Å². The van der Waals surface area contributed by atoms with Gasteiger partial charge in [0.1, 0.15) is 0 Å². The van der Waals surface area contributed by atoms with Gasteiger partial charge in [0.25, 0.3) is 0 Å². The standard InChI is InChI=1S/C31H50N2/c1-4-6-7-8-9-10-11-12-16-19-28-21-23-30(24-22-28)31-32-25-29(26-33-31)20-17-14-13-15-18-27(3)5-2/h21-27H,4-20H2,1-3H3. The van der Waals surface area contributed by atoms with E-state index in [0.717, 1.165) is 23.7 Å². The zero-order valence-corrected chi connectivity index (χ0v) is 22.0. The third-order valence-corrected chi connectivity index (χ3v) is 7.10. The van der Waals surface area contributed by atoms with Crippen LogP contribution in [0.3, 0.4) is 0 Å². The quantitative estimate of drug-likeness (QED) is 0.199. The SMILES string of the molecule is CCCCCCCCCCCc1ccc(-c2ncc(CCCCCCC(C)CC)cn2)cc1. The summed E-state index contributed by atoms with van der Waals surface area (Å²) < 4.78 is 0. The van der Waals surface area contributed by atoms with Gasteiger partial charge in [-0.3, -0.25) is 0 Å². The molecule has 0 aliphatic heterocycles. The summed E-state index contributed by atoms with van der Waals surface area (Å²) in [5.41, 5.74) is 3.83. The zero-order chi connectivity index (χ0) is 23.6. The van der Waals surface area contributed by atoms with Crippen LogP contribution in [-0.2, 0) is 12.8 Å². The number of benzene rings is 1. The van der Waals surface area contributed by atoms with Gasteiger partial charge >= 0.3 is 0 Å². The fourth-order valence-corrected chi connectivity index (χ4v) is 4.47. The highest BCUT2D eigenvalue weighted by atomic mass is 14.9. The molecule has 184 valence electrons. The van der Waals surface area contributed by atoms with Crippen LogP contribution in [0.5, 0.6) is 0 Å². The molecule has 0 saturated carbocycles. The summed E-state index contributed by atoms with van der Waals surface area (Å²) in [5.74, 6) is 1.73. The average Bonchev–Trinajstić information content (AvgIpc) is 2.85. The molecule has 1 aromatic carbocycles. The van der Waals surface area contributed by atoms with E-state index in [0.29, 0.717) is 0 Å². The molecule has 0 saturated heterocycles. The maximum Gasteiger partial charge on any atom is 0.159 e. The van der Waals surface area contributed by atoms with E-state index < -0.39 is 0 Å². The molecular weight excluding hydrogens is 400 g/mol. The Morgan fingerprint density at radius 2 is 1.12 bits per heavy atom. The predicted molar refractivity (Wildman–Crippen MR) is 145 cm³/mol. The molecule has 0 amide bonds. The van der Waals surface area contributed by atoms with Crippen molar-refractivity contribution in [2.45, 2.75) is 130 Å². The second kappa shape index (κ2) is 17.7. The van der Waals surface area contributed by atoms with Crippen molar-refractivity contribution in [3.63, 3.8) is 0 Å². The molecule has 1 aromatic heterocycles. The Hall–Kier alpha value is -1.70. The second-order valence-electron chi connectivity index (χ2n) is 10.2. The van der Waals surface area contributed by atoms with Crippen LogP contribution in [0, 0.1) is 5.92 Å². The molecule has 0 spiro atoms. The van der Waals surface area contributed by atoms with Crippen LogP contribution in [0.25, 0.3) is 11.4 Å². The van der Waals surface area contributed by atoms with Crippen molar-refractivity contribution in [3.8, 4) is 11.4 Å². The monoisotopic (exact) mass is 450 g/mol. The molecule has 0 aliphatic rings. The first kappa shape index (κ1) is 27.5. The molecule has 0 fully saturated rings. The van der Waals surface area contributed by atoms with Crippen LogP contribution in [0.4, 0.5) is 0 Å². The van der Waals surface area contributed by atoms with Gasteiger partial charge in [-0.05, 0) is 42.7 Å². The predicted octanol–water partition coefficient (Wildman–Crippen LogP) is 9.76. The lowest BCUT2D eigenvalue weighted by Crippen LogP contribution is -1.94. The van der Waals surface area contributed by atoms with Gasteiger partial charge in [0, 0.05) is 18.0 Å². The Labute approximate surface area is 205 Å². The lowest BCUT2D eigenvalue weighted by Gasteiger charge is -2.07. The van der Waals surface area contributed by atoms with Gasteiger partial charge in [0.05, 0.1) is 0 Å². The topological polar surface area (TPSA) is 25.8 Å². The molecule has 2 rings (SSSR count). The van der Waals surface area contributed by atoms with E-state index in [1.807, 2.05) is 12.4 Å². The normalized spacial score (nSPS) is 12.2. The number of nitrogens with zero attached hydrogens (tertiary/aromatic N) is 2. The average molecular weight is 451 g/mol. The van der Waals surface area contributed by atoms with Crippen molar-refractivity contribution in [2.75, 3.05) is 0 Å². The van der Waals surface area contributed by atoms with Crippen molar-refractivity contribution >= 4 is 0 Å². The van der Waals surface area contributed by atoms with E-state index in [4.69, 9.17) is 0 Å². The van der Waals surface area contributed by atoms with Gasteiger partial charge in [-0.2, -0.15) is 0 Å². The van der Waals surface area contributed by atoms with E-state index in [9.17, 15) is 0 Å². The highest BCUT2D eigenvalue weighted by Gasteiger charge is 2.03. The summed E-state index contributed by atoms with van der Waals surface area (Å²) in [6.07, 6.45) is 26.8. The fraction of sp³-hybridized carbons (Fsp3) is 0.677. The molecule has 2 heteroatoms. The van der Waals surface area contributed by atoms with Gasteiger partial charge in [0.15, 0.2) is 5.82 Å². The molecule has 0 radical (unpaired) electrons. The first-order chi connectivity index (χ1) is 16.2. The minimum atomic E-state index is 0.849. The Morgan fingerprint density at radius 3 is 1.70 bits per heavy atom. The van der Waals surface area contributed by atoms with Crippen molar-refractivity contribution in [3.05, 3.63) is 47.8 Å². The number of hydrogen-bond donors (Lipinski definition) is 0. The molecular formula is C31H50N2. The van der Waals surface area contributed by atoms with Crippen molar-refractivity contribution < 1.29 is 0 Å². The van der Waals surface area contributed by atoms with Crippen LogP contribution in [-0.4, -0.2) is 9.97 Å². The Kier molecular flexibility index (Phi) is 14.8. The fourth-order valence-electron chi connectivity index (χ4n) is 4.47. The number of unbranched alkanes of at least 4 members (excludes halogenated alkanes) is 11. The number of aromatic nitrogens is 2. The molecule has 0 N–H and O–H groups in total. The smallest absolute Gasteiger partial charge is 0.159 e. The molecule has 1 heterocycles. The number of aryl methyl sites for hydroxylation is 2. The molecule has 2 nitrogen and oxygen atoms in total. The molecule has 1 unspecified atom stereocenters. The zero-order valence-electron chi connectivity index (χ0n) is 22.0. The summed E-state index contributed by atoms with van der Waals surface area (Å²) in [6.45, 7) is 6.94. The van der Waals surface area contributed by atoms with Crippen LogP contribution >= 0.6 is 0 Å². The summed E-state index contributed by atoms with van der Waals surface area (Å²) in [5, 5.41) is 0. The van der Waals surface area contributed by atoms with E-state index in [-0.39, 0.29) is 0 Å². The molecule has 2 aromatic rings. The molecule has 33 heavy (non-hydrogen) atoms. The van der Waals surface area contributed by atoms with E-state index in [1.165, 1.54) is 114 Å². The maximum absolute atomic E-state index is 4.64. The Balaban J connectivity index is 1.60. The van der Waals surface area contributed by atoms with Gasteiger partial charge in [0.2, 0.25) is 0 Å². The van der Waals surface area contributed by atoms with Gasteiger partial charge in [-0.25, -0.2) is 9.97 Å². The molecule has 1 atom stereocenters. The third-order valence-electron chi connectivity index (χ3n) is 7.10. The summed E-state index contributed by atoms with van der Waals surface area (Å²) >= 11 is 0. The lowest BCUT2D eigenvalue weighted by molar-refractivity contribution is 0.474.